The summed E-state index contributed by atoms with van der Waals surface area (Å²) in [5.74, 6) is -0.464. The smallest absolute Gasteiger partial charge is 0.269 e. The predicted molar refractivity (Wildman–Crippen MR) is 186 cm³/mol. The third-order valence-electron chi connectivity index (χ3n) is 9.30. The molecule has 3 aromatic carbocycles. The van der Waals surface area contributed by atoms with Gasteiger partial charge in [0.15, 0.2) is 0 Å². The van der Waals surface area contributed by atoms with E-state index in [9.17, 15) is 19.7 Å². The number of amides is 2. The zero-order valence-corrected chi connectivity index (χ0v) is 27.7. The van der Waals surface area contributed by atoms with Crippen LogP contribution in [0.1, 0.15) is 62.1 Å². The number of hydrogen-bond donors (Lipinski definition) is 2. The number of piperidine rings is 1. The van der Waals surface area contributed by atoms with Crippen molar-refractivity contribution in [3.8, 4) is 0 Å². The van der Waals surface area contributed by atoms with Crippen LogP contribution in [0.4, 0.5) is 5.69 Å². The largest absolute Gasteiger partial charge is 0.412 e. The van der Waals surface area contributed by atoms with Crippen molar-refractivity contribution >= 4 is 30.9 Å². The maximum atomic E-state index is 12.5. The van der Waals surface area contributed by atoms with Gasteiger partial charge in [0.1, 0.15) is 0 Å². The first-order valence-corrected chi connectivity index (χ1v) is 15.6. The number of dihydropyridines is 1. The van der Waals surface area contributed by atoms with Gasteiger partial charge in [0.05, 0.1) is 22.2 Å². The highest BCUT2D eigenvalue weighted by atomic mass is 35.5. The molecule has 0 spiro atoms. The number of carbonyl (C=O) groups is 2. The molecule has 2 heterocycles. The fraction of sp³-hybridized carbons (Fsp3) is 0.333. The van der Waals surface area contributed by atoms with Gasteiger partial charge in [0, 0.05) is 35.5 Å². The second kappa shape index (κ2) is 16.9. The molecule has 1 unspecified atom stereocenters. The van der Waals surface area contributed by atoms with Gasteiger partial charge in [-0.2, -0.15) is 0 Å². The Balaban J connectivity index is 0.00000300. The predicted octanol–water partition coefficient (Wildman–Crippen LogP) is 5.41. The first-order valence-electron chi connectivity index (χ1n) is 15.6. The molecule has 0 radical (unpaired) electrons. The van der Waals surface area contributed by atoms with Crippen LogP contribution in [-0.2, 0) is 15.0 Å². The Morgan fingerprint density at radius 1 is 0.915 bits per heavy atom. The van der Waals surface area contributed by atoms with Crippen molar-refractivity contribution in [3.63, 3.8) is 0 Å². The molecule has 10 nitrogen and oxygen atoms in total. The van der Waals surface area contributed by atoms with Crippen molar-refractivity contribution in [1.82, 2.24) is 20.4 Å². The van der Waals surface area contributed by atoms with Crippen LogP contribution in [0.25, 0.3) is 0 Å². The second-order valence-electron chi connectivity index (χ2n) is 11.9. The lowest BCUT2D eigenvalue weighted by Crippen LogP contribution is -2.43. The summed E-state index contributed by atoms with van der Waals surface area (Å²) in [5, 5.41) is 17.4. The summed E-state index contributed by atoms with van der Waals surface area (Å²) in [6.45, 7) is 7.24. The summed E-state index contributed by atoms with van der Waals surface area (Å²) >= 11 is 0. The minimum atomic E-state index is -0.464. The van der Waals surface area contributed by atoms with E-state index in [0.717, 1.165) is 74.4 Å². The van der Waals surface area contributed by atoms with Crippen molar-refractivity contribution in [1.29, 1.82) is 0 Å². The van der Waals surface area contributed by atoms with Crippen molar-refractivity contribution in [2.75, 3.05) is 26.2 Å². The second-order valence-corrected chi connectivity index (χ2v) is 11.9. The molecule has 2 amide bonds. The number of carbonyl (C=O) groups excluding carboxylic acids is 2. The van der Waals surface area contributed by atoms with Gasteiger partial charge in [0.25, 0.3) is 5.69 Å². The van der Waals surface area contributed by atoms with Gasteiger partial charge in [-0.05, 0) is 75.9 Å². The standard InChI is InChI=1S/C36H41N5O4.ClH.H2O/c1-27-34(37-25-42)33(29-15-17-32(18-16-29)41(44)45)35(28(2)38-27)40(26-43)22-10-9-21-39-23-19-36(20-24-39,30-11-5-3-6-12-30)31-13-7-4-8-14-31;;/h3-8,11-18,25-26,33,38H,9-10,19-24H2,1-2H3,(H,37,42);1H;1H2. The third-order valence-corrected chi connectivity index (χ3v) is 9.30. The molecule has 1 atom stereocenters. The van der Waals surface area contributed by atoms with Crippen LogP contribution in [0.2, 0.25) is 0 Å². The van der Waals surface area contributed by atoms with Crippen molar-refractivity contribution < 1.29 is 20.0 Å². The minimum absolute atomic E-state index is 0. The van der Waals surface area contributed by atoms with Gasteiger partial charge >= 0.3 is 0 Å². The first kappa shape index (κ1) is 37.0. The van der Waals surface area contributed by atoms with Crippen LogP contribution in [0, 0.1) is 10.1 Å². The highest BCUT2D eigenvalue weighted by Crippen LogP contribution is 2.42. The molecule has 250 valence electrons. The van der Waals surface area contributed by atoms with E-state index in [1.54, 1.807) is 17.0 Å². The number of rotatable bonds is 13. The summed E-state index contributed by atoms with van der Waals surface area (Å²) in [6, 6.07) is 28.0. The molecule has 3 aromatic rings. The van der Waals surface area contributed by atoms with Crippen LogP contribution in [0.15, 0.2) is 108 Å². The van der Waals surface area contributed by atoms with E-state index < -0.39 is 10.8 Å². The quantitative estimate of drug-likeness (QED) is 0.109. The molecule has 2 aliphatic rings. The zero-order valence-electron chi connectivity index (χ0n) is 26.9. The number of hydrogen-bond acceptors (Lipinski definition) is 6. The Labute approximate surface area is 282 Å². The molecule has 1 fully saturated rings. The summed E-state index contributed by atoms with van der Waals surface area (Å²) in [6.07, 6.45) is 5.30. The van der Waals surface area contributed by atoms with Crippen LogP contribution >= 0.6 is 12.4 Å². The molecular weight excluding hydrogens is 618 g/mol. The van der Waals surface area contributed by atoms with Crippen LogP contribution in [0.5, 0.6) is 0 Å². The van der Waals surface area contributed by atoms with Gasteiger partial charge in [-0.15, -0.1) is 12.4 Å². The Morgan fingerprint density at radius 2 is 1.49 bits per heavy atom. The normalized spacial score (nSPS) is 17.4. The monoisotopic (exact) mass is 661 g/mol. The average molecular weight is 662 g/mol. The third kappa shape index (κ3) is 8.08. The van der Waals surface area contributed by atoms with Crippen molar-refractivity contribution in [2.45, 2.75) is 50.9 Å². The number of non-ortho nitro benzene ring substituents is 1. The molecule has 11 heteroatoms. The Kier molecular flexibility index (Phi) is 13.3. The molecular formula is C36H44ClN5O5. The lowest BCUT2D eigenvalue weighted by Gasteiger charge is -2.43. The molecule has 0 aliphatic carbocycles. The fourth-order valence-electron chi connectivity index (χ4n) is 7.00. The van der Waals surface area contributed by atoms with E-state index >= 15 is 0 Å². The number of halogens is 1. The highest BCUT2D eigenvalue weighted by molar-refractivity contribution is 5.85. The molecule has 0 aromatic heterocycles. The van der Waals surface area contributed by atoms with E-state index in [-0.39, 0.29) is 29.0 Å². The van der Waals surface area contributed by atoms with Crippen LogP contribution in [-0.4, -0.2) is 59.2 Å². The van der Waals surface area contributed by atoms with Gasteiger partial charge < -0.3 is 25.9 Å². The van der Waals surface area contributed by atoms with E-state index in [1.165, 1.54) is 23.3 Å². The number of nitrogens with one attached hydrogen (secondary N) is 2. The Bertz CT molecular complexity index is 1510. The summed E-state index contributed by atoms with van der Waals surface area (Å²) in [5.41, 5.74) is 6.38. The highest BCUT2D eigenvalue weighted by Gasteiger charge is 2.37. The van der Waals surface area contributed by atoms with E-state index in [1.807, 2.05) is 13.8 Å². The topological polar surface area (TPSA) is 139 Å². The lowest BCUT2D eigenvalue weighted by atomic mass is 9.68. The van der Waals surface area contributed by atoms with Gasteiger partial charge in [-0.3, -0.25) is 19.7 Å². The molecule has 5 rings (SSSR count). The summed E-state index contributed by atoms with van der Waals surface area (Å²) < 4.78 is 0. The zero-order chi connectivity index (χ0) is 31.8. The number of nitrogens with zero attached hydrogens (tertiary/aromatic N) is 3. The number of allylic oxidation sites excluding steroid dienone is 2. The number of nitro groups is 1. The van der Waals surface area contributed by atoms with Crippen molar-refractivity contribution in [3.05, 3.63) is 135 Å². The Morgan fingerprint density at radius 3 is 2.00 bits per heavy atom. The number of nitro benzene ring substituents is 1. The maximum absolute atomic E-state index is 12.5. The summed E-state index contributed by atoms with van der Waals surface area (Å²) in [4.78, 5) is 39.1. The number of unbranched alkanes of at least 4 members (excludes halogenated alkanes) is 1. The van der Waals surface area contributed by atoms with Gasteiger partial charge in [0.2, 0.25) is 12.8 Å². The van der Waals surface area contributed by atoms with Crippen LogP contribution in [0.3, 0.4) is 0 Å². The molecule has 2 aliphatic heterocycles. The minimum Gasteiger partial charge on any atom is -0.412 e. The lowest BCUT2D eigenvalue weighted by molar-refractivity contribution is -0.384. The van der Waals surface area contributed by atoms with Gasteiger partial charge in [-0.1, -0.05) is 72.8 Å². The van der Waals surface area contributed by atoms with E-state index in [2.05, 4.69) is 76.2 Å². The van der Waals surface area contributed by atoms with Crippen LogP contribution < -0.4 is 10.6 Å². The molecule has 47 heavy (non-hydrogen) atoms. The van der Waals surface area contributed by atoms with E-state index in [0.29, 0.717) is 18.7 Å². The first-order chi connectivity index (χ1) is 21.9. The van der Waals surface area contributed by atoms with Crippen molar-refractivity contribution in [2.24, 2.45) is 0 Å². The van der Waals surface area contributed by atoms with E-state index in [4.69, 9.17) is 0 Å². The molecule has 0 bridgehead atoms. The van der Waals surface area contributed by atoms with Gasteiger partial charge in [-0.25, -0.2) is 0 Å². The average Bonchev–Trinajstić information content (AvgIpc) is 3.07. The molecule has 1 saturated heterocycles. The summed E-state index contributed by atoms with van der Waals surface area (Å²) in [7, 11) is 0. The fourth-order valence-corrected chi connectivity index (χ4v) is 7.00. The SMILES string of the molecule is CC1=C(NC=O)C(c2ccc([N+](=O)[O-])cc2)C(N(C=O)CCCCN2CCC(c3ccccc3)(c3ccccc3)CC2)=C(C)N1.Cl.O. The molecule has 0 saturated carbocycles. The maximum Gasteiger partial charge on any atom is 0.269 e. The number of benzene rings is 3. The molecule has 4 N–H and O–H groups in total. The number of likely N-dealkylation sites (tertiary alicyclic amines) is 1. The Hall–Kier alpha value is -4.51.